The van der Waals surface area contributed by atoms with Crippen LogP contribution < -0.4 is 5.32 Å². The number of nitrogens with one attached hydrogen (secondary N) is 1. The Labute approximate surface area is 256 Å². The number of carbonyl (C=O) groups excluding carboxylic acids is 4. The Morgan fingerprint density at radius 1 is 0.673 bits per heavy atom. The highest BCUT2D eigenvalue weighted by Gasteiger charge is 2.96. The quantitative estimate of drug-likeness (QED) is 0.0748. The third-order valence-corrected chi connectivity index (χ3v) is 6.04. The number of amides is 1. The molecular formula is C22H10F19N3O5. The van der Waals surface area contributed by atoms with Gasteiger partial charge in [-0.2, -0.15) is 93.4 Å². The fourth-order valence-corrected chi connectivity index (χ4v) is 3.47. The molecule has 0 saturated carbocycles. The van der Waals surface area contributed by atoms with E-state index in [1.54, 1.807) is 0 Å². The van der Waals surface area contributed by atoms with Crippen molar-refractivity contribution in [2.75, 3.05) is 6.73 Å². The summed E-state index contributed by atoms with van der Waals surface area (Å²) in [6, 6.07) is -0.832. The minimum atomic E-state index is -9.20. The van der Waals surface area contributed by atoms with Crippen LogP contribution in [-0.2, 0) is 25.0 Å². The molecule has 0 aliphatic carbocycles. The van der Waals surface area contributed by atoms with Gasteiger partial charge in [-0.3, -0.25) is 9.59 Å². The summed E-state index contributed by atoms with van der Waals surface area (Å²) in [6.45, 7) is -0.521. The van der Waals surface area contributed by atoms with E-state index in [-0.39, 0.29) is 6.92 Å². The minimum Gasteiger partial charge on any atom is -0.445 e. The minimum absolute atomic E-state index is 0.281. The molecule has 0 radical (unpaired) electrons. The molecule has 0 fully saturated rings. The van der Waals surface area contributed by atoms with E-state index in [0.29, 0.717) is 19.1 Å². The molecule has 1 amide bonds. The van der Waals surface area contributed by atoms with Crippen molar-refractivity contribution in [1.82, 2.24) is 5.32 Å². The number of benzene rings is 1. The second-order valence-corrected chi connectivity index (χ2v) is 9.08. The Morgan fingerprint density at radius 2 is 1.06 bits per heavy atom. The number of esters is 1. The fraction of sp³-hybridized carbons (Fsp3) is 0.545. The monoisotopic (exact) mass is 757 g/mol. The zero-order valence-electron chi connectivity index (χ0n) is 22.9. The third kappa shape index (κ3) is 6.28. The highest BCUT2D eigenvalue weighted by molar-refractivity contribution is 6.00. The molecule has 276 valence electrons. The van der Waals surface area contributed by atoms with Gasteiger partial charge in [0.1, 0.15) is 11.4 Å². The van der Waals surface area contributed by atoms with Gasteiger partial charge in [0.2, 0.25) is 12.2 Å². The van der Waals surface area contributed by atoms with Gasteiger partial charge in [0.15, 0.2) is 6.73 Å². The number of isocyanates is 2. The molecule has 8 nitrogen and oxygen atoms in total. The molecule has 1 aromatic rings. The molecule has 0 aliphatic heterocycles. The number of halogens is 19. The third-order valence-electron chi connectivity index (χ3n) is 6.04. The average Bonchev–Trinajstić information content (AvgIpc) is 2.93. The van der Waals surface area contributed by atoms with Crippen LogP contribution in [0.5, 0.6) is 0 Å². The molecule has 0 aliphatic rings. The first-order chi connectivity index (χ1) is 21.6. The van der Waals surface area contributed by atoms with Gasteiger partial charge in [0, 0.05) is 12.5 Å². The number of rotatable bonds is 13. The van der Waals surface area contributed by atoms with Crippen molar-refractivity contribution >= 4 is 35.4 Å². The van der Waals surface area contributed by atoms with Gasteiger partial charge in [-0.05, 0) is 18.6 Å². The lowest BCUT2D eigenvalue weighted by Crippen LogP contribution is -2.75. The molecule has 1 aromatic carbocycles. The van der Waals surface area contributed by atoms with E-state index in [9.17, 15) is 93.8 Å². The highest BCUT2D eigenvalue weighted by atomic mass is 19.4. The maximum atomic E-state index is 15.3. The predicted octanol–water partition coefficient (Wildman–Crippen LogP) is 7.28. The van der Waals surface area contributed by atoms with Crippen LogP contribution in [0.15, 0.2) is 16.1 Å². The number of nitrogens with zero attached hydrogens (tertiary/aromatic N) is 2. The molecule has 0 bridgehead atoms. The molecule has 49 heavy (non-hydrogen) atoms. The summed E-state index contributed by atoms with van der Waals surface area (Å²) in [4.78, 5) is 50.1. The normalized spacial score (nSPS) is 14.1. The Balaban J connectivity index is 4.22. The van der Waals surface area contributed by atoms with Gasteiger partial charge < -0.3 is 10.1 Å². The molecule has 0 unspecified atom stereocenters. The topological polar surface area (TPSA) is 114 Å². The van der Waals surface area contributed by atoms with Crippen LogP contribution in [0, 0.1) is 6.92 Å². The molecule has 27 heteroatoms. The zero-order chi connectivity index (χ0) is 39.2. The first kappa shape index (κ1) is 42.6. The van der Waals surface area contributed by atoms with E-state index in [2.05, 4.69) is 14.7 Å². The fourth-order valence-electron chi connectivity index (χ4n) is 3.47. The van der Waals surface area contributed by atoms with Gasteiger partial charge in [-0.1, -0.05) is 0 Å². The number of hydrogen-bond acceptors (Lipinski definition) is 7. The van der Waals surface area contributed by atoms with E-state index in [1.165, 1.54) is 5.32 Å². The number of hydrogen-bond donors (Lipinski definition) is 1. The van der Waals surface area contributed by atoms with E-state index in [4.69, 9.17) is 0 Å². The van der Waals surface area contributed by atoms with Crippen LogP contribution in [0.4, 0.5) is 94.8 Å². The van der Waals surface area contributed by atoms with Gasteiger partial charge in [0.25, 0.3) is 5.91 Å². The predicted molar refractivity (Wildman–Crippen MR) is 115 cm³/mol. The van der Waals surface area contributed by atoms with Crippen LogP contribution in [0.25, 0.3) is 0 Å². The van der Waals surface area contributed by atoms with Crippen LogP contribution in [0.3, 0.4) is 0 Å². The van der Waals surface area contributed by atoms with E-state index in [1.807, 2.05) is 0 Å². The summed E-state index contributed by atoms with van der Waals surface area (Å²) >= 11 is 0. The van der Waals surface area contributed by atoms with E-state index >= 15 is 8.78 Å². The van der Waals surface area contributed by atoms with Gasteiger partial charge in [-0.15, -0.1) is 0 Å². The van der Waals surface area contributed by atoms with E-state index in [0.717, 1.165) is 0 Å². The second-order valence-electron chi connectivity index (χ2n) is 9.08. The standard InChI is InChI=1S/C22H10F19N3O5/c1-7-11(13(48)44-6-49-8(2)47)9(3-10(42-4-45)12(7)43-5-46)14(23,24)15(25,26)16(27,28)17(29,30)18(31,32)19(33,34)20(35,36)21(37,38)22(39,40)41/h3H,6H2,1-2H3,(H,44,48). The van der Waals surface area contributed by atoms with Crippen molar-refractivity contribution in [2.45, 2.75) is 67.4 Å². The molecule has 1 rings (SSSR count). The Hall–Kier alpha value is -4.41. The highest BCUT2D eigenvalue weighted by Crippen LogP contribution is 2.66. The summed E-state index contributed by atoms with van der Waals surface area (Å²) in [5.41, 5.74) is -9.81. The smallest absolute Gasteiger partial charge is 0.445 e. The van der Waals surface area contributed by atoms with Gasteiger partial charge >= 0.3 is 59.5 Å². The molecule has 0 saturated heterocycles. The summed E-state index contributed by atoms with van der Waals surface area (Å²) < 4.78 is 267. The lowest BCUT2D eigenvalue weighted by molar-refractivity contribution is -0.469. The lowest BCUT2D eigenvalue weighted by atomic mass is 9.84. The molecule has 0 heterocycles. The van der Waals surface area contributed by atoms with Crippen LogP contribution in [-0.4, -0.2) is 78.4 Å². The molecule has 1 N–H and O–H groups in total. The van der Waals surface area contributed by atoms with Crippen molar-refractivity contribution in [2.24, 2.45) is 9.98 Å². The summed E-state index contributed by atoms with van der Waals surface area (Å²) in [5.74, 6) is -73.2. The average molecular weight is 757 g/mol. The van der Waals surface area contributed by atoms with Crippen molar-refractivity contribution in [3.8, 4) is 0 Å². The molecule has 0 aromatic heterocycles. The first-order valence-electron chi connectivity index (χ1n) is 11.5. The molecular weight excluding hydrogens is 747 g/mol. The number of aliphatic imine (C=N–C) groups is 2. The van der Waals surface area contributed by atoms with Crippen molar-refractivity contribution in [3.05, 3.63) is 22.8 Å². The summed E-state index contributed by atoms with van der Waals surface area (Å²) in [6.07, 6.45) is -6.93. The zero-order valence-corrected chi connectivity index (χ0v) is 22.9. The summed E-state index contributed by atoms with van der Waals surface area (Å²) in [7, 11) is 0. The van der Waals surface area contributed by atoms with Crippen molar-refractivity contribution < 1.29 is 107 Å². The van der Waals surface area contributed by atoms with Crippen LogP contribution in [0.2, 0.25) is 0 Å². The summed E-state index contributed by atoms with van der Waals surface area (Å²) in [5, 5.41) is 1.30. The van der Waals surface area contributed by atoms with Gasteiger partial charge in [-0.25, -0.2) is 9.59 Å². The second kappa shape index (κ2) is 12.8. The maximum Gasteiger partial charge on any atom is 0.460 e. The van der Waals surface area contributed by atoms with Crippen LogP contribution >= 0.6 is 0 Å². The lowest BCUT2D eigenvalue weighted by Gasteiger charge is -2.44. The largest absolute Gasteiger partial charge is 0.460 e. The van der Waals surface area contributed by atoms with Gasteiger partial charge in [0.05, 0.1) is 5.56 Å². The first-order valence-corrected chi connectivity index (χ1v) is 11.5. The molecule has 0 spiro atoms. The number of ether oxygens (including phenoxy) is 1. The van der Waals surface area contributed by atoms with E-state index < -0.39 is 106 Å². The Kier molecular flexibility index (Phi) is 11.1. The number of alkyl halides is 19. The maximum absolute atomic E-state index is 15.3. The number of carbonyl (C=O) groups is 2. The Morgan fingerprint density at radius 3 is 1.43 bits per heavy atom. The SMILES string of the molecule is CC(=O)OCNC(=O)c1c(C(F)(F)C(F)(F)C(F)(F)C(F)(F)C(F)(F)C(F)(F)C(F)(F)C(F)(F)C(F)(F)F)cc(N=C=O)c(N=C=O)c1C. The molecule has 0 atom stereocenters. The Bertz CT molecular complexity index is 1580. The van der Waals surface area contributed by atoms with Crippen LogP contribution in [0.1, 0.15) is 28.4 Å². The van der Waals surface area contributed by atoms with Crippen molar-refractivity contribution in [1.29, 1.82) is 0 Å². The van der Waals surface area contributed by atoms with Crippen molar-refractivity contribution in [3.63, 3.8) is 0 Å².